The van der Waals surface area contributed by atoms with Crippen molar-refractivity contribution < 1.29 is 9.59 Å². The molecule has 0 amide bonds. The summed E-state index contributed by atoms with van der Waals surface area (Å²) in [5.74, 6) is -0.415. The Morgan fingerprint density at radius 3 is 1.92 bits per heavy atom. The smallest absolute Gasteiger partial charge is 0.201 e. The molecule has 0 aromatic heterocycles. The first-order valence-electron chi connectivity index (χ1n) is 8.22. The Labute approximate surface area is 146 Å². The van der Waals surface area contributed by atoms with Crippen molar-refractivity contribution in [3.63, 3.8) is 0 Å². The van der Waals surface area contributed by atoms with Crippen LogP contribution in [0.15, 0.2) is 78.9 Å². The topological polar surface area (TPSA) is 46.2 Å². The van der Waals surface area contributed by atoms with E-state index >= 15 is 0 Å². The number of hydrogen-bond acceptors (Lipinski definition) is 3. The maximum Gasteiger partial charge on any atom is 0.201 e. The molecule has 3 aromatic rings. The Balaban J connectivity index is 1.93. The molecule has 0 atom stereocenters. The Morgan fingerprint density at radius 1 is 0.720 bits per heavy atom. The second-order valence-corrected chi connectivity index (χ2v) is 6.31. The fourth-order valence-corrected chi connectivity index (χ4v) is 3.46. The molecule has 0 saturated heterocycles. The molecule has 0 bridgehead atoms. The summed E-state index contributed by atoms with van der Waals surface area (Å²) in [7, 11) is 0. The molecule has 0 spiro atoms. The van der Waals surface area contributed by atoms with Crippen LogP contribution in [0.1, 0.15) is 31.8 Å². The number of anilines is 1. The van der Waals surface area contributed by atoms with E-state index in [4.69, 9.17) is 0 Å². The summed E-state index contributed by atoms with van der Waals surface area (Å²) in [5.41, 5.74) is 1.98. The van der Waals surface area contributed by atoms with Crippen molar-refractivity contribution >= 4 is 17.3 Å². The molecule has 1 aliphatic rings. The number of carbonyl (C=O) groups is 2. The molecule has 3 nitrogen and oxygen atoms in total. The second-order valence-electron chi connectivity index (χ2n) is 6.31. The van der Waals surface area contributed by atoms with Gasteiger partial charge in [-0.3, -0.25) is 9.59 Å². The van der Waals surface area contributed by atoms with Gasteiger partial charge in [0.2, 0.25) is 11.6 Å². The van der Waals surface area contributed by atoms with E-state index in [0.29, 0.717) is 16.7 Å². The van der Waals surface area contributed by atoms with Gasteiger partial charge < -0.3 is 5.32 Å². The molecule has 1 aliphatic carbocycles. The van der Waals surface area contributed by atoms with Gasteiger partial charge in [-0.1, -0.05) is 66.7 Å². The van der Waals surface area contributed by atoms with Gasteiger partial charge in [-0.25, -0.2) is 0 Å². The second kappa shape index (κ2) is 5.71. The molecule has 0 unspecified atom stereocenters. The molecule has 3 heteroatoms. The number of nitrogens with one attached hydrogen (secondary N) is 1. The van der Waals surface area contributed by atoms with E-state index in [0.717, 1.165) is 11.3 Å². The number of rotatable bonds is 3. The SMILES string of the molecule is Cc1cccc(NC2(c3ccccc3)C(=O)c3ccccc3C2=O)c1. The standard InChI is InChI=1S/C22H17NO2/c1-15-8-7-11-17(14-15)23-22(16-9-3-2-4-10-16)20(24)18-12-5-6-13-19(18)21(22)25/h2-14,23H,1H3. The van der Waals surface area contributed by atoms with Crippen molar-refractivity contribution in [3.8, 4) is 0 Å². The number of aryl methyl sites for hydroxylation is 1. The minimum atomic E-state index is -1.42. The molecule has 25 heavy (non-hydrogen) atoms. The molecule has 0 aliphatic heterocycles. The minimum absolute atomic E-state index is 0.208. The van der Waals surface area contributed by atoms with Crippen LogP contribution in [0.4, 0.5) is 5.69 Å². The van der Waals surface area contributed by atoms with E-state index in [9.17, 15) is 9.59 Å². The summed E-state index contributed by atoms with van der Waals surface area (Å²) in [6.45, 7) is 1.98. The van der Waals surface area contributed by atoms with Crippen LogP contribution >= 0.6 is 0 Å². The fraction of sp³-hybridized carbons (Fsp3) is 0.0909. The van der Waals surface area contributed by atoms with Crippen LogP contribution in [-0.4, -0.2) is 11.6 Å². The molecule has 0 fully saturated rings. The summed E-state index contributed by atoms with van der Waals surface area (Å²) < 4.78 is 0. The van der Waals surface area contributed by atoms with Crippen LogP contribution in [0.25, 0.3) is 0 Å². The van der Waals surface area contributed by atoms with Crippen molar-refractivity contribution in [1.82, 2.24) is 0 Å². The van der Waals surface area contributed by atoms with Gasteiger partial charge in [0.05, 0.1) is 0 Å². The number of ketones is 2. The van der Waals surface area contributed by atoms with Crippen molar-refractivity contribution in [3.05, 3.63) is 101 Å². The van der Waals surface area contributed by atoms with E-state index in [1.807, 2.05) is 61.5 Å². The highest BCUT2D eigenvalue weighted by Gasteiger charge is 2.54. The number of carbonyl (C=O) groups excluding carboxylic acids is 2. The lowest BCUT2D eigenvalue weighted by molar-refractivity contribution is 0.0819. The van der Waals surface area contributed by atoms with Crippen molar-refractivity contribution in [2.45, 2.75) is 12.5 Å². The Hall–Kier alpha value is -3.20. The van der Waals surface area contributed by atoms with E-state index in [1.54, 1.807) is 24.3 Å². The van der Waals surface area contributed by atoms with Gasteiger partial charge >= 0.3 is 0 Å². The lowest BCUT2D eigenvalue weighted by atomic mass is 9.84. The first kappa shape index (κ1) is 15.3. The van der Waals surface area contributed by atoms with Crippen molar-refractivity contribution in [2.75, 3.05) is 5.32 Å². The highest BCUT2D eigenvalue weighted by Crippen LogP contribution is 2.40. The Morgan fingerprint density at radius 2 is 1.32 bits per heavy atom. The summed E-state index contributed by atoms with van der Waals surface area (Å²) in [4.78, 5) is 26.7. The zero-order valence-electron chi connectivity index (χ0n) is 13.8. The Bertz CT molecular complexity index is 941. The van der Waals surface area contributed by atoms with E-state index in [1.165, 1.54) is 0 Å². The predicted molar refractivity (Wildman–Crippen MR) is 98.0 cm³/mol. The van der Waals surface area contributed by atoms with Crippen LogP contribution in [0, 0.1) is 6.92 Å². The lowest BCUT2D eigenvalue weighted by Gasteiger charge is -2.29. The van der Waals surface area contributed by atoms with Gasteiger partial charge in [-0.05, 0) is 30.2 Å². The van der Waals surface area contributed by atoms with Crippen molar-refractivity contribution in [2.24, 2.45) is 0 Å². The lowest BCUT2D eigenvalue weighted by Crippen LogP contribution is -2.46. The molecular weight excluding hydrogens is 310 g/mol. The van der Waals surface area contributed by atoms with E-state index in [2.05, 4.69) is 5.32 Å². The molecule has 4 rings (SSSR count). The first-order chi connectivity index (χ1) is 12.1. The number of fused-ring (bicyclic) bond motifs is 1. The number of Topliss-reactive ketones (excluding diaryl/α,β-unsaturated/α-hetero) is 2. The van der Waals surface area contributed by atoms with Gasteiger partial charge in [0, 0.05) is 16.8 Å². The average Bonchev–Trinajstić information content (AvgIpc) is 2.86. The van der Waals surface area contributed by atoms with E-state index in [-0.39, 0.29) is 11.6 Å². The maximum absolute atomic E-state index is 13.3. The van der Waals surface area contributed by atoms with Gasteiger partial charge in [-0.2, -0.15) is 0 Å². The third-order valence-electron chi connectivity index (χ3n) is 4.65. The third kappa shape index (κ3) is 2.28. The zero-order chi connectivity index (χ0) is 17.4. The maximum atomic E-state index is 13.3. The van der Waals surface area contributed by atoms with Crippen LogP contribution in [-0.2, 0) is 5.54 Å². The monoisotopic (exact) mass is 327 g/mol. The molecule has 0 saturated carbocycles. The number of hydrogen-bond donors (Lipinski definition) is 1. The highest BCUT2D eigenvalue weighted by atomic mass is 16.2. The van der Waals surface area contributed by atoms with Crippen LogP contribution in [0.5, 0.6) is 0 Å². The summed E-state index contributed by atoms with van der Waals surface area (Å²) in [5, 5.41) is 3.26. The summed E-state index contributed by atoms with van der Waals surface area (Å²) in [6.07, 6.45) is 0. The largest absolute Gasteiger partial charge is 0.363 e. The van der Waals surface area contributed by atoms with Gasteiger partial charge in [-0.15, -0.1) is 0 Å². The highest BCUT2D eigenvalue weighted by molar-refractivity contribution is 6.34. The quantitative estimate of drug-likeness (QED) is 0.726. The third-order valence-corrected chi connectivity index (χ3v) is 4.65. The van der Waals surface area contributed by atoms with Crippen LogP contribution in [0.3, 0.4) is 0 Å². The molecule has 0 radical (unpaired) electrons. The van der Waals surface area contributed by atoms with Gasteiger partial charge in [0.25, 0.3) is 0 Å². The van der Waals surface area contributed by atoms with Crippen LogP contribution in [0.2, 0.25) is 0 Å². The number of benzene rings is 3. The molecule has 3 aromatic carbocycles. The molecule has 0 heterocycles. The first-order valence-corrected chi connectivity index (χ1v) is 8.22. The van der Waals surface area contributed by atoms with E-state index < -0.39 is 5.54 Å². The summed E-state index contributed by atoms with van der Waals surface area (Å²) >= 11 is 0. The predicted octanol–water partition coefficient (Wildman–Crippen LogP) is 4.38. The Kier molecular flexibility index (Phi) is 3.50. The fourth-order valence-electron chi connectivity index (χ4n) is 3.46. The van der Waals surface area contributed by atoms with Crippen molar-refractivity contribution in [1.29, 1.82) is 0 Å². The van der Waals surface area contributed by atoms with Gasteiger partial charge in [0.15, 0.2) is 5.54 Å². The average molecular weight is 327 g/mol. The van der Waals surface area contributed by atoms with Gasteiger partial charge in [0.1, 0.15) is 0 Å². The molecule has 1 N–H and O–H groups in total. The van der Waals surface area contributed by atoms with Crippen LogP contribution < -0.4 is 5.32 Å². The minimum Gasteiger partial charge on any atom is -0.363 e. The normalized spacial score (nSPS) is 15.1. The molecular formula is C22H17NO2. The molecule has 122 valence electrons. The summed E-state index contributed by atoms with van der Waals surface area (Å²) in [6, 6.07) is 23.9. The zero-order valence-corrected chi connectivity index (χ0v) is 13.8.